The highest BCUT2D eigenvalue weighted by Crippen LogP contribution is 2.21. The number of nitrogens with one attached hydrogen (secondary N) is 2. The maximum atomic E-state index is 12.3. The van der Waals surface area contributed by atoms with Gasteiger partial charge in [0.2, 0.25) is 0 Å². The molecule has 2 aromatic carbocycles. The largest absolute Gasteiger partial charge is 0.316 e. The lowest BCUT2D eigenvalue weighted by Crippen LogP contribution is -2.46. The van der Waals surface area contributed by atoms with Crippen molar-refractivity contribution in [1.29, 1.82) is 0 Å². The Morgan fingerprint density at radius 3 is 1.38 bits per heavy atom. The number of rotatable bonds is 2. The summed E-state index contributed by atoms with van der Waals surface area (Å²) in [7, 11) is 0. The average molecular weight is 428 g/mol. The summed E-state index contributed by atoms with van der Waals surface area (Å²) in [6.07, 6.45) is 2.94. The van der Waals surface area contributed by atoms with E-state index in [0.29, 0.717) is 31.2 Å². The highest BCUT2D eigenvalue weighted by molar-refractivity contribution is 6.36. The third-order valence-corrected chi connectivity index (χ3v) is 4.64. The number of aromatic amines is 2. The van der Waals surface area contributed by atoms with Crippen LogP contribution in [0.2, 0.25) is 20.1 Å². The first-order valence-corrected chi connectivity index (χ1v) is 8.81. The van der Waals surface area contributed by atoms with Crippen LogP contribution in [0.15, 0.2) is 46.0 Å². The summed E-state index contributed by atoms with van der Waals surface area (Å²) < 4.78 is 0. The summed E-state index contributed by atoms with van der Waals surface area (Å²) in [5.74, 6) is 0. The van der Waals surface area contributed by atoms with E-state index in [0.717, 1.165) is 0 Å². The molecular weight excluding hydrogens is 418 g/mol. The summed E-state index contributed by atoms with van der Waals surface area (Å²) in [4.78, 5) is 29.7. The Hall–Kier alpha value is -1.98. The van der Waals surface area contributed by atoms with E-state index in [-0.39, 0.29) is 10.7 Å². The molecule has 0 aliphatic carbocycles. The van der Waals surface area contributed by atoms with Gasteiger partial charge in [0.1, 0.15) is 10.7 Å². The van der Waals surface area contributed by atoms with Crippen LogP contribution in [-0.2, 0) is 0 Å². The predicted octanol–water partition coefficient (Wildman–Crippen LogP) is 3.33. The average Bonchev–Trinajstić information content (AvgIpc) is 2.57. The first kappa shape index (κ1) is 18.8. The van der Waals surface area contributed by atoms with Crippen molar-refractivity contribution in [3.63, 3.8) is 0 Å². The molecule has 8 heteroatoms. The fourth-order valence-electron chi connectivity index (χ4n) is 2.24. The lowest BCUT2D eigenvalue weighted by atomic mass is 10.2. The predicted molar refractivity (Wildman–Crippen MR) is 107 cm³/mol. The van der Waals surface area contributed by atoms with Crippen LogP contribution < -0.4 is 21.8 Å². The molecule has 0 aliphatic rings. The van der Waals surface area contributed by atoms with Gasteiger partial charge in [0.15, 0.2) is 0 Å². The van der Waals surface area contributed by atoms with Crippen LogP contribution in [0.5, 0.6) is 0 Å². The Bertz CT molecular complexity index is 1130. The molecule has 0 radical (unpaired) electrons. The van der Waals surface area contributed by atoms with Crippen LogP contribution in [0.25, 0.3) is 12.2 Å². The van der Waals surface area contributed by atoms with E-state index in [2.05, 4.69) is 9.97 Å². The van der Waals surface area contributed by atoms with E-state index < -0.39 is 11.1 Å². The number of aromatic nitrogens is 2. The van der Waals surface area contributed by atoms with E-state index in [1.807, 2.05) is 0 Å². The number of hydrogen-bond acceptors (Lipinski definition) is 2. The fraction of sp³-hybridized carbons (Fsp3) is 0. The minimum atomic E-state index is -0.480. The van der Waals surface area contributed by atoms with Crippen molar-refractivity contribution in [2.75, 3.05) is 0 Å². The molecule has 0 bridgehead atoms. The van der Waals surface area contributed by atoms with Gasteiger partial charge in [-0.1, -0.05) is 58.5 Å². The minimum absolute atomic E-state index is 0.0681. The van der Waals surface area contributed by atoms with Crippen LogP contribution in [0.3, 0.4) is 0 Å². The lowest BCUT2D eigenvalue weighted by Gasteiger charge is -1.99. The fourth-order valence-corrected chi connectivity index (χ4v) is 3.17. The van der Waals surface area contributed by atoms with Crippen molar-refractivity contribution in [1.82, 2.24) is 9.97 Å². The standard InChI is InChI=1S/C18H10Cl4N2O2/c19-11-3-1-9(13(21)7-11)5-15-17(25)24-16(18(26)23-15)6-10-2-4-12(20)8-14(10)22/h1-8H,(H,23,26)(H,24,25)/b15-5-,16-6+. The monoisotopic (exact) mass is 426 g/mol. The molecule has 0 atom stereocenters. The van der Waals surface area contributed by atoms with Gasteiger partial charge in [0.05, 0.1) is 0 Å². The van der Waals surface area contributed by atoms with E-state index in [4.69, 9.17) is 46.4 Å². The van der Waals surface area contributed by atoms with E-state index in [9.17, 15) is 9.59 Å². The van der Waals surface area contributed by atoms with Crippen molar-refractivity contribution >= 4 is 58.6 Å². The highest BCUT2D eigenvalue weighted by Gasteiger charge is 2.02. The maximum absolute atomic E-state index is 12.3. The molecule has 0 fully saturated rings. The summed E-state index contributed by atoms with van der Waals surface area (Å²) >= 11 is 23.9. The number of H-pyrrole nitrogens is 2. The molecule has 132 valence electrons. The summed E-state index contributed by atoms with van der Waals surface area (Å²) in [6.45, 7) is 0. The SMILES string of the molecule is O=c1[nH]/c(=C/c2ccc(Cl)cc2Cl)c(=O)[nH]/c1=C\c1ccc(Cl)cc1Cl. The highest BCUT2D eigenvalue weighted by atomic mass is 35.5. The molecule has 1 aromatic heterocycles. The molecule has 0 aliphatic heterocycles. The van der Waals surface area contributed by atoms with Crippen molar-refractivity contribution in [2.45, 2.75) is 0 Å². The quantitative estimate of drug-likeness (QED) is 0.658. The van der Waals surface area contributed by atoms with Crippen LogP contribution >= 0.6 is 46.4 Å². The Morgan fingerprint density at radius 1 is 0.654 bits per heavy atom. The Kier molecular flexibility index (Phi) is 5.58. The third kappa shape index (κ3) is 4.22. The summed E-state index contributed by atoms with van der Waals surface area (Å²) in [6, 6.07) is 9.66. The molecule has 0 saturated heterocycles. The van der Waals surface area contributed by atoms with Crippen LogP contribution in [0.1, 0.15) is 11.1 Å². The summed E-state index contributed by atoms with van der Waals surface area (Å²) in [5.41, 5.74) is 0.142. The van der Waals surface area contributed by atoms with Gasteiger partial charge in [-0.2, -0.15) is 0 Å². The first-order chi connectivity index (χ1) is 12.3. The summed E-state index contributed by atoms with van der Waals surface area (Å²) in [5, 5.41) is 1.80. The van der Waals surface area contributed by atoms with Gasteiger partial charge >= 0.3 is 0 Å². The zero-order chi connectivity index (χ0) is 18.8. The molecular formula is C18H10Cl4N2O2. The molecule has 0 unspecified atom stereocenters. The van der Waals surface area contributed by atoms with E-state index in [1.54, 1.807) is 36.4 Å². The number of hydrogen-bond donors (Lipinski definition) is 2. The van der Waals surface area contributed by atoms with Crippen molar-refractivity contribution in [2.24, 2.45) is 0 Å². The van der Waals surface area contributed by atoms with Gasteiger partial charge < -0.3 is 9.97 Å². The zero-order valence-corrected chi connectivity index (χ0v) is 16.0. The number of halogens is 4. The maximum Gasteiger partial charge on any atom is 0.272 e. The molecule has 3 aromatic rings. The Labute approximate surface area is 167 Å². The Balaban J connectivity index is 2.15. The molecule has 0 spiro atoms. The van der Waals surface area contributed by atoms with Gasteiger partial charge in [-0.05, 0) is 47.5 Å². The Morgan fingerprint density at radius 2 is 1.04 bits per heavy atom. The molecule has 1 heterocycles. The molecule has 0 saturated carbocycles. The van der Waals surface area contributed by atoms with Crippen LogP contribution in [0.4, 0.5) is 0 Å². The van der Waals surface area contributed by atoms with Crippen molar-refractivity contribution < 1.29 is 0 Å². The van der Waals surface area contributed by atoms with Gasteiger partial charge in [0.25, 0.3) is 11.1 Å². The lowest BCUT2D eigenvalue weighted by molar-refractivity contribution is 1.00. The minimum Gasteiger partial charge on any atom is -0.316 e. The number of benzene rings is 2. The molecule has 26 heavy (non-hydrogen) atoms. The van der Waals surface area contributed by atoms with Crippen LogP contribution in [0, 0.1) is 0 Å². The first-order valence-electron chi connectivity index (χ1n) is 7.29. The third-order valence-electron chi connectivity index (χ3n) is 3.51. The van der Waals surface area contributed by atoms with Gasteiger partial charge in [-0.25, -0.2) is 0 Å². The molecule has 3 rings (SSSR count). The molecule has 0 amide bonds. The van der Waals surface area contributed by atoms with E-state index >= 15 is 0 Å². The van der Waals surface area contributed by atoms with Gasteiger partial charge in [0, 0.05) is 20.1 Å². The second kappa shape index (κ2) is 7.72. The van der Waals surface area contributed by atoms with Crippen molar-refractivity contribution in [3.05, 3.63) is 99.0 Å². The van der Waals surface area contributed by atoms with E-state index in [1.165, 1.54) is 12.2 Å². The zero-order valence-electron chi connectivity index (χ0n) is 12.9. The smallest absolute Gasteiger partial charge is 0.272 e. The normalized spacial score (nSPS) is 12.6. The topological polar surface area (TPSA) is 65.7 Å². The molecule has 2 N–H and O–H groups in total. The van der Waals surface area contributed by atoms with Gasteiger partial charge in [-0.3, -0.25) is 9.59 Å². The second-order valence-corrected chi connectivity index (χ2v) is 7.04. The van der Waals surface area contributed by atoms with Crippen LogP contribution in [-0.4, -0.2) is 9.97 Å². The van der Waals surface area contributed by atoms with Crippen molar-refractivity contribution in [3.8, 4) is 0 Å². The molecule has 4 nitrogen and oxygen atoms in total. The second-order valence-electron chi connectivity index (χ2n) is 5.36. The van der Waals surface area contributed by atoms with Gasteiger partial charge in [-0.15, -0.1) is 0 Å².